The largest absolute Gasteiger partial charge is 0.468 e. The predicted octanol–water partition coefficient (Wildman–Crippen LogP) is 3.21. The highest BCUT2D eigenvalue weighted by molar-refractivity contribution is 9.10. The van der Waals surface area contributed by atoms with Crippen molar-refractivity contribution in [3.05, 3.63) is 58.2 Å². The van der Waals surface area contributed by atoms with E-state index in [1.807, 2.05) is 25.1 Å². The zero-order valence-corrected chi connectivity index (χ0v) is 13.4. The molecule has 0 aliphatic heterocycles. The number of rotatable bonds is 5. The van der Waals surface area contributed by atoms with Crippen LogP contribution in [0.5, 0.6) is 0 Å². The van der Waals surface area contributed by atoms with Crippen molar-refractivity contribution in [2.45, 2.75) is 6.04 Å². The Morgan fingerprint density at radius 1 is 1.38 bits per heavy atom. The normalized spacial score (nSPS) is 12.4. The average Bonchev–Trinajstić information content (AvgIpc) is 2.95. The van der Waals surface area contributed by atoms with E-state index in [1.54, 1.807) is 24.5 Å². The van der Waals surface area contributed by atoms with Gasteiger partial charge in [-0.1, -0.05) is 6.07 Å². The lowest BCUT2D eigenvalue weighted by Gasteiger charge is -2.22. The van der Waals surface area contributed by atoms with Crippen molar-refractivity contribution in [3.63, 3.8) is 0 Å². The summed E-state index contributed by atoms with van der Waals surface area (Å²) < 4.78 is 19.5. The van der Waals surface area contributed by atoms with Crippen molar-refractivity contribution in [3.8, 4) is 0 Å². The average molecular weight is 355 g/mol. The number of halogens is 2. The molecule has 4 nitrogen and oxygen atoms in total. The highest BCUT2D eigenvalue weighted by atomic mass is 79.9. The molecule has 0 saturated heterocycles. The Bertz CT molecular complexity index is 614. The molecule has 21 heavy (non-hydrogen) atoms. The van der Waals surface area contributed by atoms with Crippen LogP contribution in [0.2, 0.25) is 0 Å². The minimum atomic E-state index is -0.561. The lowest BCUT2D eigenvalue weighted by atomic mass is 10.1. The Labute approximate surface area is 131 Å². The molecule has 1 amide bonds. The second kappa shape index (κ2) is 6.87. The van der Waals surface area contributed by atoms with Gasteiger partial charge in [0.05, 0.1) is 22.3 Å². The molecular formula is C15H16BrFN2O2. The Balaban J connectivity index is 2.07. The summed E-state index contributed by atoms with van der Waals surface area (Å²) in [6.07, 6.45) is 1.58. The zero-order valence-electron chi connectivity index (χ0n) is 11.8. The molecular weight excluding hydrogens is 339 g/mol. The van der Waals surface area contributed by atoms with Gasteiger partial charge in [-0.3, -0.25) is 9.69 Å². The second-order valence-electron chi connectivity index (χ2n) is 4.81. The third-order valence-corrected chi connectivity index (χ3v) is 3.76. The van der Waals surface area contributed by atoms with E-state index in [0.29, 0.717) is 6.54 Å². The van der Waals surface area contributed by atoms with E-state index in [9.17, 15) is 9.18 Å². The number of nitrogens with one attached hydrogen (secondary N) is 1. The fourth-order valence-corrected chi connectivity index (χ4v) is 2.35. The van der Waals surface area contributed by atoms with Crippen LogP contribution in [0.4, 0.5) is 4.39 Å². The van der Waals surface area contributed by atoms with Gasteiger partial charge in [0.25, 0.3) is 5.91 Å². The third-order valence-electron chi connectivity index (χ3n) is 3.15. The number of nitrogens with zero attached hydrogens (tertiary/aromatic N) is 1. The minimum Gasteiger partial charge on any atom is -0.468 e. The SMILES string of the molecule is CN(C)C(CNC(=O)c1cccc(Br)c1F)c1ccco1. The summed E-state index contributed by atoms with van der Waals surface area (Å²) in [5.74, 6) is -0.267. The van der Waals surface area contributed by atoms with Crippen LogP contribution in [0.15, 0.2) is 45.5 Å². The van der Waals surface area contributed by atoms with Crippen LogP contribution >= 0.6 is 15.9 Å². The number of carbonyl (C=O) groups excluding carboxylic acids is 1. The molecule has 0 aliphatic carbocycles. The maximum absolute atomic E-state index is 13.9. The molecule has 1 atom stereocenters. The van der Waals surface area contributed by atoms with Gasteiger partial charge in [0.15, 0.2) is 0 Å². The van der Waals surface area contributed by atoms with Crippen LogP contribution in [0.3, 0.4) is 0 Å². The van der Waals surface area contributed by atoms with E-state index < -0.39 is 11.7 Å². The van der Waals surface area contributed by atoms with Gasteiger partial charge in [-0.05, 0) is 54.3 Å². The van der Waals surface area contributed by atoms with Gasteiger partial charge in [0.2, 0.25) is 0 Å². The van der Waals surface area contributed by atoms with Gasteiger partial charge < -0.3 is 9.73 Å². The van der Waals surface area contributed by atoms with Crippen LogP contribution < -0.4 is 5.32 Å². The van der Waals surface area contributed by atoms with Gasteiger partial charge in [-0.15, -0.1) is 0 Å². The van der Waals surface area contributed by atoms with Gasteiger partial charge in [0.1, 0.15) is 11.6 Å². The van der Waals surface area contributed by atoms with Gasteiger partial charge >= 0.3 is 0 Å². The summed E-state index contributed by atoms with van der Waals surface area (Å²) in [7, 11) is 3.78. The molecule has 0 aliphatic rings. The van der Waals surface area contributed by atoms with Gasteiger partial charge in [0, 0.05) is 6.54 Å². The quantitative estimate of drug-likeness (QED) is 0.896. The first kappa shape index (κ1) is 15.7. The topological polar surface area (TPSA) is 45.5 Å². The number of carbonyl (C=O) groups is 1. The van der Waals surface area contributed by atoms with Crippen LogP contribution in [0.25, 0.3) is 0 Å². The number of amides is 1. The van der Waals surface area contributed by atoms with E-state index in [-0.39, 0.29) is 16.1 Å². The van der Waals surface area contributed by atoms with E-state index in [0.717, 1.165) is 5.76 Å². The molecule has 2 rings (SSSR count). The zero-order chi connectivity index (χ0) is 15.4. The molecule has 0 spiro atoms. The first-order valence-corrected chi connectivity index (χ1v) is 7.22. The fraction of sp³-hybridized carbons (Fsp3) is 0.267. The van der Waals surface area contributed by atoms with Crippen molar-refractivity contribution < 1.29 is 13.6 Å². The third kappa shape index (κ3) is 3.71. The second-order valence-corrected chi connectivity index (χ2v) is 5.66. The molecule has 1 N–H and O–H groups in total. The van der Waals surface area contributed by atoms with Crippen molar-refractivity contribution in [1.82, 2.24) is 10.2 Å². The van der Waals surface area contributed by atoms with Gasteiger partial charge in [-0.2, -0.15) is 0 Å². The summed E-state index contributed by atoms with van der Waals surface area (Å²) in [5, 5.41) is 2.74. The molecule has 1 aromatic heterocycles. The standard InChI is InChI=1S/C15H16BrFN2O2/c1-19(2)12(13-7-4-8-21-13)9-18-15(20)10-5-3-6-11(16)14(10)17/h3-8,12H,9H2,1-2H3,(H,18,20). The molecule has 112 valence electrons. The van der Waals surface area contributed by atoms with Gasteiger partial charge in [-0.25, -0.2) is 4.39 Å². The number of likely N-dealkylation sites (N-methyl/N-ethyl adjacent to an activating group) is 1. The Kier molecular flexibility index (Phi) is 5.14. The number of benzene rings is 1. The molecule has 0 bridgehead atoms. The minimum absolute atomic E-state index is 0.0151. The summed E-state index contributed by atoms with van der Waals surface area (Å²) in [6.45, 7) is 0.325. The van der Waals surface area contributed by atoms with Crippen molar-refractivity contribution in [2.75, 3.05) is 20.6 Å². The smallest absolute Gasteiger partial charge is 0.254 e. The summed E-state index contributed by atoms with van der Waals surface area (Å²) in [5.41, 5.74) is 0.0151. The van der Waals surface area contributed by atoms with Crippen molar-refractivity contribution in [1.29, 1.82) is 0 Å². The van der Waals surface area contributed by atoms with Crippen LogP contribution in [0.1, 0.15) is 22.2 Å². The molecule has 1 unspecified atom stereocenters. The lowest BCUT2D eigenvalue weighted by molar-refractivity contribution is 0.0935. The summed E-state index contributed by atoms with van der Waals surface area (Å²) in [4.78, 5) is 14.0. The lowest BCUT2D eigenvalue weighted by Crippen LogP contribution is -2.34. The monoisotopic (exact) mass is 354 g/mol. The highest BCUT2D eigenvalue weighted by Gasteiger charge is 2.20. The molecule has 2 aromatic rings. The molecule has 0 fully saturated rings. The van der Waals surface area contributed by atoms with E-state index in [2.05, 4.69) is 21.2 Å². The maximum Gasteiger partial charge on any atom is 0.254 e. The molecule has 0 saturated carbocycles. The first-order chi connectivity index (χ1) is 10.0. The van der Waals surface area contributed by atoms with E-state index >= 15 is 0 Å². The first-order valence-electron chi connectivity index (χ1n) is 6.42. The van der Waals surface area contributed by atoms with Crippen LogP contribution in [-0.4, -0.2) is 31.4 Å². The number of furan rings is 1. The maximum atomic E-state index is 13.9. The molecule has 0 radical (unpaired) electrons. The summed E-state index contributed by atoms with van der Waals surface area (Å²) >= 11 is 3.07. The van der Waals surface area contributed by atoms with E-state index in [1.165, 1.54) is 6.07 Å². The molecule has 6 heteroatoms. The molecule has 1 heterocycles. The van der Waals surface area contributed by atoms with Crippen molar-refractivity contribution >= 4 is 21.8 Å². The fourth-order valence-electron chi connectivity index (χ4n) is 1.98. The van der Waals surface area contributed by atoms with Crippen LogP contribution in [-0.2, 0) is 0 Å². The van der Waals surface area contributed by atoms with Crippen LogP contribution in [0, 0.1) is 5.82 Å². The Morgan fingerprint density at radius 3 is 2.76 bits per heavy atom. The predicted molar refractivity (Wildman–Crippen MR) is 81.6 cm³/mol. The number of hydrogen-bond acceptors (Lipinski definition) is 3. The Morgan fingerprint density at radius 2 is 2.14 bits per heavy atom. The van der Waals surface area contributed by atoms with Crippen molar-refractivity contribution in [2.24, 2.45) is 0 Å². The highest BCUT2D eigenvalue weighted by Crippen LogP contribution is 2.20. The molecule has 1 aromatic carbocycles. The van der Waals surface area contributed by atoms with E-state index in [4.69, 9.17) is 4.42 Å². The Hall–Kier alpha value is -1.66. The number of hydrogen-bond donors (Lipinski definition) is 1. The summed E-state index contributed by atoms with van der Waals surface area (Å²) in [6, 6.07) is 8.15.